The second-order valence-corrected chi connectivity index (χ2v) is 4.33. The van der Waals surface area contributed by atoms with E-state index in [1.165, 1.54) is 0 Å². The van der Waals surface area contributed by atoms with Crippen LogP contribution in [0.15, 0.2) is 0 Å². The maximum atomic E-state index is 8.18. The summed E-state index contributed by atoms with van der Waals surface area (Å²) in [5, 5.41) is 0. The van der Waals surface area contributed by atoms with Gasteiger partial charge in [-0.05, 0) is 20.3 Å². The van der Waals surface area contributed by atoms with Gasteiger partial charge in [-0.3, -0.25) is 0 Å². The quantitative estimate of drug-likeness (QED) is 0.429. The molecule has 0 spiro atoms. The zero-order valence-corrected chi connectivity index (χ0v) is 11.0. The van der Waals surface area contributed by atoms with E-state index < -0.39 is 17.2 Å². The van der Waals surface area contributed by atoms with Crippen LogP contribution in [0.3, 0.4) is 0 Å². The molecule has 0 saturated carbocycles. The number of unbranched alkanes of at least 4 members (excludes halogenated alkanes) is 1. The summed E-state index contributed by atoms with van der Waals surface area (Å²) in [4.78, 5) is 32.6. The lowest BCUT2D eigenvalue weighted by Gasteiger charge is -2.04. The Hall–Kier alpha value is 0.620. The van der Waals surface area contributed by atoms with Gasteiger partial charge in [0.15, 0.2) is 0 Å². The van der Waals surface area contributed by atoms with Crippen molar-refractivity contribution in [2.75, 3.05) is 6.61 Å². The fraction of sp³-hybridized carbons (Fsp3) is 1.00. The summed E-state index contributed by atoms with van der Waals surface area (Å²) < 4.78 is 8.88. The molecule has 0 amide bonds. The Labute approximate surface area is 92.9 Å². The first kappa shape index (κ1) is 18.0. The van der Waals surface area contributed by atoms with Crippen LogP contribution in [0.2, 0.25) is 0 Å². The Morgan fingerprint density at radius 2 is 1.60 bits per heavy atom. The Bertz CT molecular complexity index is 116. The summed E-state index contributed by atoms with van der Waals surface area (Å²) in [6.07, 6.45) is 1.81. The van der Waals surface area contributed by atoms with Crippen LogP contribution >= 0.6 is 17.2 Å². The summed E-state index contributed by atoms with van der Waals surface area (Å²) in [7, 11) is -4.25. The van der Waals surface area contributed by atoms with E-state index in [-0.39, 0.29) is 6.10 Å². The molecular formula is C7H20O6P2. The van der Waals surface area contributed by atoms with Crippen molar-refractivity contribution in [2.24, 2.45) is 0 Å². The molecule has 0 saturated heterocycles. The third kappa shape index (κ3) is 25.2. The highest BCUT2D eigenvalue weighted by Gasteiger charge is 2.00. The molecule has 0 aromatic carbocycles. The molecule has 0 aliphatic rings. The summed E-state index contributed by atoms with van der Waals surface area (Å²) in [5.74, 6) is 0. The van der Waals surface area contributed by atoms with Gasteiger partial charge in [-0.15, -0.1) is 0 Å². The minimum absolute atomic E-state index is 0.0962. The van der Waals surface area contributed by atoms with Gasteiger partial charge in [0.2, 0.25) is 0 Å². The van der Waals surface area contributed by atoms with Gasteiger partial charge in [0.25, 0.3) is 0 Å². The average Bonchev–Trinajstić information content (AvgIpc) is 2.02. The van der Waals surface area contributed by atoms with Gasteiger partial charge in [-0.2, -0.15) is 0 Å². The van der Waals surface area contributed by atoms with Gasteiger partial charge in [-0.25, -0.2) is 0 Å². The first-order valence-corrected chi connectivity index (χ1v) is 6.88. The molecule has 94 valence electrons. The molecule has 0 aliphatic carbocycles. The van der Waals surface area contributed by atoms with Crippen LogP contribution in [0.25, 0.3) is 0 Å². The Morgan fingerprint density at radius 1 is 1.07 bits per heavy atom. The standard InChI is InChI=1S/C4H11O3P.C3H9O3P/c1-2-3-4-7-8(5)6;1-3(2)6-7(4)5/h5-6H,2-4H2,1H3;3-5H,1-2H3. The Balaban J connectivity index is 0. The van der Waals surface area contributed by atoms with Crippen LogP contribution in [-0.2, 0) is 9.05 Å². The van der Waals surface area contributed by atoms with Gasteiger partial charge < -0.3 is 28.6 Å². The van der Waals surface area contributed by atoms with Gasteiger partial charge >= 0.3 is 17.2 Å². The molecule has 0 aromatic rings. The molecule has 0 bridgehead atoms. The molecule has 0 atom stereocenters. The van der Waals surface area contributed by atoms with E-state index in [9.17, 15) is 0 Å². The van der Waals surface area contributed by atoms with Crippen molar-refractivity contribution in [3.05, 3.63) is 0 Å². The predicted octanol–water partition coefficient (Wildman–Crippen LogP) is 1.64. The molecule has 0 aliphatic heterocycles. The minimum Gasteiger partial charge on any atom is -0.328 e. The zero-order valence-electron chi connectivity index (χ0n) is 9.20. The average molecular weight is 262 g/mol. The van der Waals surface area contributed by atoms with E-state index >= 15 is 0 Å². The topological polar surface area (TPSA) is 99.4 Å². The molecule has 6 nitrogen and oxygen atoms in total. The Morgan fingerprint density at radius 3 is 1.80 bits per heavy atom. The molecular weight excluding hydrogens is 242 g/mol. The van der Waals surface area contributed by atoms with Crippen molar-refractivity contribution < 1.29 is 28.6 Å². The van der Waals surface area contributed by atoms with Crippen LogP contribution in [0, 0.1) is 0 Å². The van der Waals surface area contributed by atoms with Crippen molar-refractivity contribution in [1.29, 1.82) is 0 Å². The van der Waals surface area contributed by atoms with E-state index in [0.29, 0.717) is 6.61 Å². The Kier molecular flexibility index (Phi) is 15.2. The third-order valence-electron chi connectivity index (χ3n) is 1.01. The predicted molar refractivity (Wildman–Crippen MR) is 59.8 cm³/mol. The van der Waals surface area contributed by atoms with Crippen molar-refractivity contribution in [2.45, 2.75) is 39.7 Å². The normalized spacial score (nSPS) is 10.8. The van der Waals surface area contributed by atoms with Crippen LogP contribution in [-0.4, -0.2) is 32.3 Å². The highest BCUT2D eigenvalue weighted by molar-refractivity contribution is 7.39. The molecule has 15 heavy (non-hydrogen) atoms. The van der Waals surface area contributed by atoms with Crippen LogP contribution < -0.4 is 0 Å². The van der Waals surface area contributed by atoms with Gasteiger partial charge in [0.1, 0.15) is 0 Å². The number of hydrogen-bond acceptors (Lipinski definition) is 6. The highest BCUT2D eigenvalue weighted by atomic mass is 31.2. The highest BCUT2D eigenvalue weighted by Crippen LogP contribution is 2.26. The maximum absolute atomic E-state index is 8.18. The van der Waals surface area contributed by atoms with Crippen molar-refractivity contribution in [3.63, 3.8) is 0 Å². The minimum atomic E-state index is -2.14. The molecule has 0 unspecified atom stereocenters. The number of rotatable bonds is 6. The lowest BCUT2D eigenvalue weighted by molar-refractivity contribution is 0.201. The third-order valence-corrected chi connectivity index (χ3v) is 2.03. The van der Waals surface area contributed by atoms with Crippen molar-refractivity contribution in [1.82, 2.24) is 0 Å². The molecule has 0 heterocycles. The fourth-order valence-electron chi connectivity index (χ4n) is 0.479. The van der Waals surface area contributed by atoms with Crippen molar-refractivity contribution >= 4 is 17.2 Å². The smallest absolute Gasteiger partial charge is 0.327 e. The first-order chi connectivity index (χ1) is 6.90. The first-order valence-electron chi connectivity index (χ1n) is 4.55. The van der Waals surface area contributed by atoms with E-state index in [1.807, 2.05) is 6.92 Å². The molecule has 0 aromatic heterocycles. The molecule has 0 fully saturated rings. The van der Waals surface area contributed by atoms with E-state index in [1.54, 1.807) is 13.8 Å². The monoisotopic (exact) mass is 262 g/mol. The van der Waals surface area contributed by atoms with Crippen LogP contribution in [0.5, 0.6) is 0 Å². The molecule has 0 rings (SSSR count). The summed E-state index contributed by atoms with van der Waals surface area (Å²) in [6.45, 7) is 5.94. The fourth-order valence-corrected chi connectivity index (χ4v) is 1.15. The van der Waals surface area contributed by atoms with Crippen LogP contribution in [0.4, 0.5) is 0 Å². The SMILES string of the molecule is CC(C)OP(O)O.CCCCOP(O)O. The van der Waals surface area contributed by atoms with Gasteiger partial charge in [0.05, 0.1) is 12.7 Å². The van der Waals surface area contributed by atoms with Gasteiger partial charge in [-0.1, -0.05) is 13.3 Å². The lowest BCUT2D eigenvalue weighted by atomic mass is 10.4. The molecule has 4 N–H and O–H groups in total. The summed E-state index contributed by atoms with van der Waals surface area (Å²) in [5.41, 5.74) is 0. The lowest BCUT2D eigenvalue weighted by Crippen LogP contribution is -1.95. The second-order valence-electron chi connectivity index (χ2n) is 2.85. The summed E-state index contributed by atoms with van der Waals surface area (Å²) >= 11 is 0. The molecule has 8 heteroatoms. The largest absolute Gasteiger partial charge is 0.328 e. The maximum Gasteiger partial charge on any atom is 0.327 e. The number of hydrogen-bond donors (Lipinski definition) is 4. The zero-order chi connectivity index (χ0) is 12.3. The van der Waals surface area contributed by atoms with Gasteiger partial charge in [0, 0.05) is 0 Å². The molecule has 0 radical (unpaired) electrons. The second kappa shape index (κ2) is 12.7. The van der Waals surface area contributed by atoms with E-state index in [2.05, 4.69) is 9.05 Å². The van der Waals surface area contributed by atoms with Crippen molar-refractivity contribution in [3.8, 4) is 0 Å². The van der Waals surface area contributed by atoms with Crippen LogP contribution in [0.1, 0.15) is 33.6 Å². The summed E-state index contributed by atoms with van der Waals surface area (Å²) in [6, 6.07) is 0. The van der Waals surface area contributed by atoms with E-state index in [4.69, 9.17) is 19.6 Å². The van der Waals surface area contributed by atoms with E-state index in [0.717, 1.165) is 12.8 Å².